The van der Waals surface area contributed by atoms with Gasteiger partial charge in [0.25, 0.3) is 0 Å². The predicted molar refractivity (Wildman–Crippen MR) is 79.0 cm³/mol. The standard InChI is InChI=1S/C16H23N3/c1-3-11-17-16(15-12-18-19(2)13-15)10-9-14-7-5-4-6-8-14/h4-8,12-13,16-17H,3,9-11H2,1-2H3. The number of rotatable bonds is 7. The minimum atomic E-state index is 0.397. The van der Waals surface area contributed by atoms with E-state index < -0.39 is 0 Å². The molecule has 19 heavy (non-hydrogen) atoms. The van der Waals surface area contributed by atoms with Crippen LogP contribution >= 0.6 is 0 Å². The molecule has 0 spiro atoms. The highest BCUT2D eigenvalue weighted by Gasteiger charge is 2.12. The SMILES string of the molecule is CCCNC(CCc1ccccc1)c1cnn(C)c1. The zero-order valence-corrected chi connectivity index (χ0v) is 11.8. The fraction of sp³-hybridized carbons (Fsp3) is 0.438. The van der Waals surface area contributed by atoms with E-state index in [4.69, 9.17) is 0 Å². The maximum absolute atomic E-state index is 4.28. The van der Waals surface area contributed by atoms with Crippen LogP contribution in [0.5, 0.6) is 0 Å². The van der Waals surface area contributed by atoms with E-state index in [-0.39, 0.29) is 0 Å². The van der Waals surface area contributed by atoms with E-state index in [1.54, 1.807) is 0 Å². The predicted octanol–water partition coefficient (Wildman–Crippen LogP) is 3.09. The summed E-state index contributed by atoms with van der Waals surface area (Å²) < 4.78 is 1.87. The monoisotopic (exact) mass is 257 g/mol. The fourth-order valence-electron chi connectivity index (χ4n) is 2.28. The molecule has 1 N–H and O–H groups in total. The normalized spacial score (nSPS) is 12.5. The Hall–Kier alpha value is -1.61. The zero-order chi connectivity index (χ0) is 13.5. The first-order valence-corrected chi connectivity index (χ1v) is 7.05. The molecular weight excluding hydrogens is 234 g/mol. The molecule has 0 aliphatic heterocycles. The van der Waals surface area contributed by atoms with Gasteiger partial charge in [-0.05, 0) is 31.4 Å². The highest BCUT2D eigenvalue weighted by atomic mass is 15.2. The van der Waals surface area contributed by atoms with Gasteiger partial charge in [-0.2, -0.15) is 5.10 Å². The van der Waals surface area contributed by atoms with Gasteiger partial charge >= 0.3 is 0 Å². The third kappa shape index (κ3) is 4.21. The molecule has 0 aliphatic carbocycles. The second-order valence-electron chi connectivity index (χ2n) is 4.98. The minimum absolute atomic E-state index is 0.397. The number of benzene rings is 1. The van der Waals surface area contributed by atoms with Crippen LogP contribution in [-0.2, 0) is 13.5 Å². The lowest BCUT2D eigenvalue weighted by Crippen LogP contribution is -2.22. The molecule has 0 saturated carbocycles. The molecule has 1 aromatic heterocycles. The van der Waals surface area contributed by atoms with E-state index in [0.717, 1.165) is 25.8 Å². The summed E-state index contributed by atoms with van der Waals surface area (Å²) in [6.45, 7) is 3.25. The van der Waals surface area contributed by atoms with Gasteiger partial charge in [-0.3, -0.25) is 4.68 Å². The molecule has 3 heteroatoms. The zero-order valence-electron chi connectivity index (χ0n) is 11.8. The van der Waals surface area contributed by atoms with Crippen molar-refractivity contribution in [2.45, 2.75) is 32.2 Å². The highest BCUT2D eigenvalue weighted by Crippen LogP contribution is 2.18. The van der Waals surface area contributed by atoms with Crippen molar-refractivity contribution in [1.82, 2.24) is 15.1 Å². The first kappa shape index (κ1) is 13.8. The smallest absolute Gasteiger partial charge is 0.0537 e. The molecule has 1 unspecified atom stereocenters. The average molecular weight is 257 g/mol. The van der Waals surface area contributed by atoms with Gasteiger partial charge in [-0.25, -0.2) is 0 Å². The van der Waals surface area contributed by atoms with Crippen molar-refractivity contribution in [2.75, 3.05) is 6.54 Å². The van der Waals surface area contributed by atoms with Gasteiger partial charge in [0, 0.05) is 24.8 Å². The Balaban J connectivity index is 1.98. The number of aryl methyl sites for hydroxylation is 2. The Kier molecular flexibility index (Phi) is 5.16. The topological polar surface area (TPSA) is 29.9 Å². The highest BCUT2D eigenvalue weighted by molar-refractivity contribution is 5.16. The van der Waals surface area contributed by atoms with Crippen molar-refractivity contribution in [2.24, 2.45) is 7.05 Å². The second kappa shape index (κ2) is 7.10. The summed E-state index contributed by atoms with van der Waals surface area (Å²) in [5.74, 6) is 0. The van der Waals surface area contributed by atoms with Crippen molar-refractivity contribution in [1.29, 1.82) is 0 Å². The van der Waals surface area contributed by atoms with Gasteiger partial charge in [0.15, 0.2) is 0 Å². The average Bonchev–Trinajstić information content (AvgIpc) is 2.86. The van der Waals surface area contributed by atoms with Crippen LogP contribution in [0.1, 0.15) is 36.9 Å². The Bertz CT molecular complexity index is 476. The largest absolute Gasteiger partial charge is 0.310 e. The van der Waals surface area contributed by atoms with Crippen LogP contribution in [0.15, 0.2) is 42.7 Å². The summed E-state index contributed by atoms with van der Waals surface area (Å²) in [5.41, 5.74) is 2.68. The molecule has 2 rings (SSSR count). The molecule has 1 aromatic carbocycles. The Labute approximate surface area is 115 Å². The molecule has 0 bridgehead atoms. The van der Waals surface area contributed by atoms with Crippen molar-refractivity contribution in [3.63, 3.8) is 0 Å². The van der Waals surface area contributed by atoms with E-state index >= 15 is 0 Å². The van der Waals surface area contributed by atoms with E-state index in [1.165, 1.54) is 11.1 Å². The summed E-state index contributed by atoms with van der Waals surface area (Å²) in [5, 5.41) is 7.89. The molecule has 3 nitrogen and oxygen atoms in total. The van der Waals surface area contributed by atoms with Crippen LogP contribution in [0.3, 0.4) is 0 Å². The Morgan fingerprint density at radius 3 is 2.68 bits per heavy atom. The molecule has 2 aromatic rings. The van der Waals surface area contributed by atoms with Crippen LogP contribution in [0.2, 0.25) is 0 Å². The van der Waals surface area contributed by atoms with Crippen LogP contribution in [0.4, 0.5) is 0 Å². The summed E-state index contributed by atoms with van der Waals surface area (Å²) in [6.07, 6.45) is 7.44. The molecule has 1 atom stereocenters. The summed E-state index contributed by atoms with van der Waals surface area (Å²) >= 11 is 0. The third-order valence-corrected chi connectivity index (χ3v) is 3.33. The number of nitrogens with one attached hydrogen (secondary N) is 1. The van der Waals surface area contributed by atoms with Gasteiger partial charge in [0.05, 0.1) is 6.20 Å². The second-order valence-corrected chi connectivity index (χ2v) is 4.98. The Morgan fingerprint density at radius 2 is 2.05 bits per heavy atom. The quantitative estimate of drug-likeness (QED) is 0.826. The molecule has 1 heterocycles. The molecular formula is C16H23N3. The van der Waals surface area contributed by atoms with Gasteiger partial charge in [0.1, 0.15) is 0 Å². The van der Waals surface area contributed by atoms with Crippen LogP contribution in [-0.4, -0.2) is 16.3 Å². The lowest BCUT2D eigenvalue weighted by molar-refractivity contribution is 0.499. The molecule has 0 amide bonds. The van der Waals surface area contributed by atoms with Crippen molar-refractivity contribution in [3.8, 4) is 0 Å². The molecule has 0 aliphatic rings. The Morgan fingerprint density at radius 1 is 1.26 bits per heavy atom. The third-order valence-electron chi connectivity index (χ3n) is 3.33. The number of aromatic nitrogens is 2. The van der Waals surface area contributed by atoms with E-state index in [0.29, 0.717) is 6.04 Å². The number of hydrogen-bond acceptors (Lipinski definition) is 2. The fourth-order valence-corrected chi connectivity index (χ4v) is 2.28. The lowest BCUT2D eigenvalue weighted by Gasteiger charge is -2.17. The van der Waals surface area contributed by atoms with Crippen molar-refractivity contribution >= 4 is 0 Å². The molecule has 102 valence electrons. The van der Waals surface area contributed by atoms with E-state index in [9.17, 15) is 0 Å². The summed E-state index contributed by atoms with van der Waals surface area (Å²) in [4.78, 5) is 0. The van der Waals surface area contributed by atoms with Crippen LogP contribution in [0, 0.1) is 0 Å². The molecule has 0 radical (unpaired) electrons. The minimum Gasteiger partial charge on any atom is -0.310 e. The van der Waals surface area contributed by atoms with Gasteiger partial charge < -0.3 is 5.32 Å². The van der Waals surface area contributed by atoms with E-state index in [2.05, 4.69) is 53.9 Å². The van der Waals surface area contributed by atoms with Gasteiger partial charge in [-0.15, -0.1) is 0 Å². The maximum atomic E-state index is 4.28. The van der Waals surface area contributed by atoms with Crippen LogP contribution < -0.4 is 5.32 Å². The van der Waals surface area contributed by atoms with Gasteiger partial charge in [0.2, 0.25) is 0 Å². The van der Waals surface area contributed by atoms with E-state index in [1.807, 2.05) is 17.9 Å². The summed E-state index contributed by atoms with van der Waals surface area (Å²) in [7, 11) is 1.97. The first-order chi connectivity index (χ1) is 9.29. The molecule has 0 fully saturated rings. The number of nitrogens with zero attached hydrogens (tertiary/aromatic N) is 2. The lowest BCUT2D eigenvalue weighted by atomic mass is 10.0. The van der Waals surface area contributed by atoms with Gasteiger partial charge in [-0.1, -0.05) is 37.3 Å². The summed E-state index contributed by atoms with van der Waals surface area (Å²) in [6, 6.07) is 11.1. The maximum Gasteiger partial charge on any atom is 0.0537 e. The van der Waals surface area contributed by atoms with Crippen LogP contribution in [0.25, 0.3) is 0 Å². The number of hydrogen-bond donors (Lipinski definition) is 1. The first-order valence-electron chi connectivity index (χ1n) is 7.05. The van der Waals surface area contributed by atoms with Crippen molar-refractivity contribution in [3.05, 3.63) is 53.9 Å². The van der Waals surface area contributed by atoms with Crippen molar-refractivity contribution < 1.29 is 0 Å². The molecule has 0 saturated heterocycles.